The Morgan fingerprint density at radius 2 is 1.86 bits per heavy atom. The topological polar surface area (TPSA) is 62.6 Å². The number of aryl methyl sites for hydroxylation is 1. The number of pyridine rings is 1. The van der Waals surface area contributed by atoms with Gasteiger partial charge in [-0.25, -0.2) is 4.39 Å². The van der Waals surface area contributed by atoms with Gasteiger partial charge in [0, 0.05) is 51.1 Å². The molecule has 29 heavy (non-hydrogen) atoms. The van der Waals surface area contributed by atoms with E-state index in [1.807, 2.05) is 13.0 Å². The molecule has 2 saturated heterocycles. The maximum atomic E-state index is 13.8. The van der Waals surface area contributed by atoms with Gasteiger partial charge in [0.25, 0.3) is 11.5 Å². The summed E-state index contributed by atoms with van der Waals surface area (Å²) in [5.41, 5.74) is 1.38. The Labute approximate surface area is 168 Å². The minimum atomic E-state index is -0.344. The third kappa shape index (κ3) is 3.24. The number of halogens is 1. The van der Waals surface area contributed by atoms with E-state index in [-0.39, 0.29) is 46.6 Å². The van der Waals surface area contributed by atoms with Crippen molar-refractivity contribution in [3.63, 3.8) is 0 Å². The number of fused-ring (bicyclic) bond motifs is 1. The lowest BCUT2D eigenvalue weighted by Crippen LogP contribution is -2.39. The van der Waals surface area contributed by atoms with E-state index in [2.05, 4.69) is 0 Å². The standard InChI is InChI=1S/C22H24FN3O3/c1-13-7-8-18(21(28)24(13)3)22(29)25-10-16-11-26(14(2)27)20(19(16)12-25)15-5-4-6-17(23)9-15/h4-9,16,19-20H,10-12H2,1-3H3/t16-,19-,20+/m1/s1. The summed E-state index contributed by atoms with van der Waals surface area (Å²) in [6.45, 7) is 4.78. The second-order valence-electron chi connectivity index (χ2n) is 8.06. The van der Waals surface area contributed by atoms with Crippen LogP contribution in [0, 0.1) is 24.6 Å². The highest BCUT2D eigenvalue weighted by Gasteiger charge is 2.49. The third-order valence-electron chi connectivity index (χ3n) is 6.33. The second-order valence-corrected chi connectivity index (χ2v) is 8.06. The number of nitrogens with zero attached hydrogens (tertiary/aromatic N) is 3. The van der Waals surface area contributed by atoms with Gasteiger partial charge < -0.3 is 14.4 Å². The van der Waals surface area contributed by atoms with Crippen LogP contribution >= 0.6 is 0 Å². The number of aromatic nitrogens is 1. The minimum absolute atomic E-state index is 0.0129. The summed E-state index contributed by atoms with van der Waals surface area (Å²) >= 11 is 0. The van der Waals surface area contributed by atoms with E-state index < -0.39 is 0 Å². The van der Waals surface area contributed by atoms with Crippen LogP contribution in [0.25, 0.3) is 0 Å². The van der Waals surface area contributed by atoms with Crippen molar-refractivity contribution in [1.29, 1.82) is 0 Å². The molecule has 0 N–H and O–H groups in total. The van der Waals surface area contributed by atoms with Crippen molar-refractivity contribution in [3.05, 3.63) is 69.4 Å². The van der Waals surface area contributed by atoms with Gasteiger partial charge >= 0.3 is 0 Å². The molecule has 2 fully saturated rings. The number of benzene rings is 1. The number of hydrogen-bond acceptors (Lipinski definition) is 3. The maximum Gasteiger partial charge on any atom is 0.263 e. The van der Waals surface area contributed by atoms with E-state index >= 15 is 0 Å². The van der Waals surface area contributed by atoms with Crippen LogP contribution in [0.5, 0.6) is 0 Å². The molecule has 152 valence electrons. The van der Waals surface area contributed by atoms with Crippen LogP contribution in [-0.2, 0) is 11.8 Å². The van der Waals surface area contributed by atoms with Crippen molar-refractivity contribution in [2.45, 2.75) is 19.9 Å². The predicted molar refractivity (Wildman–Crippen MR) is 106 cm³/mol. The number of likely N-dealkylation sites (tertiary alicyclic amines) is 2. The van der Waals surface area contributed by atoms with Crippen LogP contribution in [0.15, 0.2) is 41.2 Å². The average Bonchev–Trinajstić information content (AvgIpc) is 3.23. The van der Waals surface area contributed by atoms with Crippen molar-refractivity contribution in [1.82, 2.24) is 14.4 Å². The molecular formula is C22H24FN3O3. The van der Waals surface area contributed by atoms with Crippen molar-refractivity contribution in [2.24, 2.45) is 18.9 Å². The summed E-state index contributed by atoms with van der Waals surface area (Å²) < 4.78 is 15.3. The van der Waals surface area contributed by atoms with E-state index in [9.17, 15) is 18.8 Å². The molecule has 0 radical (unpaired) electrons. The molecule has 2 aromatic rings. The third-order valence-corrected chi connectivity index (χ3v) is 6.33. The number of amides is 2. The van der Waals surface area contributed by atoms with Crippen molar-refractivity contribution in [2.75, 3.05) is 19.6 Å². The maximum absolute atomic E-state index is 13.8. The van der Waals surface area contributed by atoms with Gasteiger partial charge in [-0.2, -0.15) is 0 Å². The summed E-state index contributed by atoms with van der Waals surface area (Å²) in [6, 6.07) is 9.39. The Morgan fingerprint density at radius 3 is 2.55 bits per heavy atom. The molecule has 4 rings (SSSR count). The van der Waals surface area contributed by atoms with Gasteiger partial charge in [0.1, 0.15) is 11.4 Å². The van der Waals surface area contributed by atoms with Crippen molar-refractivity contribution < 1.29 is 14.0 Å². The largest absolute Gasteiger partial charge is 0.338 e. The molecule has 7 heteroatoms. The lowest BCUT2D eigenvalue weighted by atomic mass is 9.89. The number of carbonyl (C=O) groups is 2. The Bertz CT molecular complexity index is 1050. The quantitative estimate of drug-likeness (QED) is 0.780. The fraction of sp³-hybridized carbons (Fsp3) is 0.409. The fourth-order valence-corrected chi connectivity index (χ4v) is 4.71. The first-order valence-electron chi connectivity index (χ1n) is 9.76. The lowest BCUT2D eigenvalue weighted by molar-refractivity contribution is -0.130. The molecular weight excluding hydrogens is 373 g/mol. The summed E-state index contributed by atoms with van der Waals surface area (Å²) in [4.78, 5) is 41.2. The molecule has 0 spiro atoms. The zero-order chi connectivity index (χ0) is 20.9. The zero-order valence-electron chi connectivity index (χ0n) is 16.8. The average molecular weight is 397 g/mol. The first-order chi connectivity index (χ1) is 13.8. The van der Waals surface area contributed by atoms with Crippen LogP contribution in [0.2, 0.25) is 0 Å². The van der Waals surface area contributed by atoms with Crippen molar-refractivity contribution >= 4 is 11.8 Å². The SMILES string of the molecule is CC(=O)N1C[C@H]2CN(C(=O)c3ccc(C)n(C)c3=O)C[C@H]2[C@@H]1c1cccc(F)c1. The number of carbonyl (C=O) groups excluding carboxylic acids is 2. The molecule has 0 unspecified atom stereocenters. The van der Waals surface area contributed by atoms with Crippen LogP contribution in [-0.4, -0.2) is 45.8 Å². The van der Waals surface area contributed by atoms with E-state index in [0.717, 1.165) is 11.3 Å². The first kappa shape index (κ1) is 19.4. The molecule has 3 heterocycles. The van der Waals surface area contributed by atoms with Gasteiger partial charge in [-0.05, 0) is 36.8 Å². The van der Waals surface area contributed by atoms with Crippen LogP contribution in [0.4, 0.5) is 4.39 Å². The summed E-state index contributed by atoms with van der Waals surface area (Å²) in [5.74, 6) is -0.570. The Kier molecular flexibility index (Phi) is 4.76. The van der Waals surface area contributed by atoms with E-state index in [1.54, 1.807) is 35.0 Å². The molecule has 0 bridgehead atoms. The highest BCUT2D eigenvalue weighted by atomic mass is 19.1. The first-order valence-corrected chi connectivity index (χ1v) is 9.76. The molecule has 6 nitrogen and oxygen atoms in total. The number of rotatable bonds is 2. The molecule has 0 aliphatic carbocycles. The zero-order valence-corrected chi connectivity index (χ0v) is 16.8. The molecule has 2 amide bonds. The second kappa shape index (κ2) is 7.13. The molecule has 2 aliphatic heterocycles. The van der Waals surface area contributed by atoms with Gasteiger partial charge in [-0.1, -0.05) is 12.1 Å². The van der Waals surface area contributed by atoms with Crippen molar-refractivity contribution in [3.8, 4) is 0 Å². The molecule has 0 saturated carbocycles. The highest BCUT2D eigenvalue weighted by Crippen LogP contribution is 2.45. The van der Waals surface area contributed by atoms with Crippen LogP contribution < -0.4 is 5.56 Å². The number of hydrogen-bond donors (Lipinski definition) is 0. The van der Waals surface area contributed by atoms with Crippen LogP contribution in [0.1, 0.15) is 34.6 Å². The summed E-state index contributed by atoms with van der Waals surface area (Å²) in [6.07, 6.45) is 0. The van der Waals surface area contributed by atoms with Crippen LogP contribution in [0.3, 0.4) is 0 Å². The summed E-state index contributed by atoms with van der Waals surface area (Å²) in [7, 11) is 1.65. The van der Waals surface area contributed by atoms with E-state index in [4.69, 9.17) is 0 Å². The molecule has 1 aromatic carbocycles. The summed E-state index contributed by atoms with van der Waals surface area (Å²) in [5, 5.41) is 0. The lowest BCUT2D eigenvalue weighted by Gasteiger charge is -2.29. The minimum Gasteiger partial charge on any atom is -0.338 e. The fourth-order valence-electron chi connectivity index (χ4n) is 4.71. The van der Waals surface area contributed by atoms with Gasteiger partial charge in [0.15, 0.2) is 0 Å². The Balaban J connectivity index is 1.63. The van der Waals surface area contributed by atoms with E-state index in [1.165, 1.54) is 23.6 Å². The molecule has 3 atom stereocenters. The Hall–Kier alpha value is -2.96. The Morgan fingerprint density at radius 1 is 1.10 bits per heavy atom. The normalized spacial score (nSPS) is 23.4. The smallest absolute Gasteiger partial charge is 0.263 e. The van der Waals surface area contributed by atoms with E-state index in [0.29, 0.717) is 19.6 Å². The predicted octanol–water partition coefficient (Wildman–Crippen LogP) is 2.12. The monoisotopic (exact) mass is 397 g/mol. The molecule has 1 aromatic heterocycles. The van der Waals surface area contributed by atoms with Gasteiger partial charge in [-0.3, -0.25) is 14.4 Å². The molecule has 2 aliphatic rings. The van der Waals surface area contributed by atoms with Gasteiger partial charge in [0.05, 0.1) is 6.04 Å². The highest BCUT2D eigenvalue weighted by molar-refractivity contribution is 5.94. The van der Waals surface area contributed by atoms with Gasteiger partial charge in [-0.15, -0.1) is 0 Å². The van der Waals surface area contributed by atoms with Gasteiger partial charge in [0.2, 0.25) is 5.91 Å².